The number of pyridine rings is 1. The minimum atomic E-state index is -0.445. The number of carbonyl (C=O) groups is 2. The molecule has 1 aromatic heterocycles. The average molecular weight is 469 g/mol. The van der Waals surface area contributed by atoms with Gasteiger partial charge in [0, 0.05) is 49.1 Å². The first-order valence-electron chi connectivity index (χ1n) is 12.0. The summed E-state index contributed by atoms with van der Waals surface area (Å²) < 4.78 is 5.89. The summed E-state index contributed by atoms with van der Waals surface area (Å²) in [5.74, 6) is 0.612. The van der Waals surface area contributed by atoms with Gasteiger partial charge in [0.05, 0.1) is 5.54 Å². The molecule has 7 nitrogen and oxygen atoms in total. The quantitative estimate of drug-likeness (QED) is 0.431. The number of nitrogens with zero attached hydrogens (tertiary/aromatic N) is 2. The highest BCUT2D eigenvalue weighted by Gasteiger charge is 2.25. The van der Waals surface area contributed by atoms with Gasteiger partial charge in [0.2, 0.25) is 11.8 Å². The summed E-state index contributed by atoms with van der Waals surface area (Å²) in [6.07, 6.45) is 5.32. The Kier molecular flexibility index (Phi) is 10.4. The zero-order chi connectivity index (χ0) is 25.1. The maximum Gasteiger partial charge on any atom is 0.220 e. The van der Waals surface area contributed by atoms with E-state index in [4.69, 9.17) is 10.5 Å². The van der Waals surface area contributed by atoms with Crippen LogP contribution in [0, 0.1) is 11.8 Å². The first kappa shape index (κ1) is 27.2. The van der Waals surface area contributed by atoms with Gasteiger partial charge in [-0.15, -0.1) is 0 Å². The molecule has 1 aromatic carbocycles. The Bertz CT molecular complexity index is 898. The van der Waals surface area contributed by atoms with Gasteiger partial charge in [-0.1, -0.05) is 26.8 Å². The maximum absolute atomic E-state index is 12.5. The van der Waals surface area contributed by atoms with Crippen molar-refractivity contribution in [2.24, 2.45) is 17.6 Å². The van der Waals surface area contributed by atoms with Crippen LogP contribution in [-0.4, -0.2) is 35.4 Å². The van der Waals surface area contributed by atoms with E-state index in [0.29, 0.717) is 25.5 Å². The summed E-state index contributed by atoms with van der Waals surface area (Å²) in [5, 5.41) is 3.12. The van der Waals surface area contributed by atoms with Crippen molar-refractivity contribution in [3.63, 3.8) is 0 Å². The third kappa shape index (κ3) is 9.81. The molecule has 0 radical (unpaired) electrons. The molecule has 2 amide bonds. The van der Waals surface area contributed by atoms with Crippen LogP contribution in [0.4, 0.5) is 5.69 Å². The highest BCUT2D eigenvalue weighted by atomic mass is 16.5. The van der Waals surface area contributed by atoms with E-state index in [1.54, 1.807) is 19.3 Å². The van der Waals surface area contributed by atoms with E-state index in [1.807, 2.05) is 38.1 Å². The number of nitrogens with two attached hydrogens (primary N) is 1. The molecule has 1 atom stereocenters. The van der Waals surface area contributed by atoms with Gasteiger partial charge in [-0.3, -0.25) is 14.6 Å². The summed E-state index contributed by atoms with van der Waals surface area (Å²) in [5.41, 5.74) is 6.97. The minimum absolute atomic E-state index is 0.0685. The molecular formula is C27H40N4O3. The lowest BCUT2D eigenvalue weighted by Crippen LogP contribution is -2.52. The fourth-order valence-corrected chi connectivity index (χ4v) is 3.56. The summed E-state index contributed by atoms with van der Waals surface area (Å²) >= 11 is 0. The second-order valence-electron chi connectivity index (χ2n) is 10.0. The Hall–Kier alpha value is -3.09. The molecule has 7 heteroatoms. The third-order valence-corrected chi connectivity index (χ3v) is 5.66. The van der Waals surface area contributed by atoms with Gasteiger partial charge >= 0.3 is 0 Å². The van der Waals surface area contributed by atoms with Gasteiger partial charge in [0.25, 0.3) is 0 Å². The number of aromatic nitrogens is 1. The Morgan fingerprint density at radius 3 is 2.41 bits per heavy atom. The van der Waals surface area contributed by atoms with Gasteiger partial charge in [-0.05, 0) is 62.9 Å². The van der Waals surface area contributed by atoms with Crippen molar-refractivity contribution in [2.45, 2.75) is 66.0 Å². The number of amides is 2. The molecular weight excluding hydrogens is 428 g/mol. The molecule has 0 spiro atoms. The zero-order valence-corrected chi connectivity index (χ0v) is 21.2. The molecule has 0 saturated carbocycles. The molecule has 34 heavy (non-hydrogen) atoms. The van der Waals surface area contributed by atoms with Crippen LogP contribution in [0.25, 0.3) is 0 Å². The lowest BCUT2D eigenvalue weighted by atomic mass is 10.0. The van der Waals surface area contributed by atoms with Crippen LogP contribution in [0.3, 0.4) is 0 Å². The lowest BCUT2D eigenvalue weighted by molar-refractivity contribution is -0.124. The first-order chi connectivity index (χ1) is 16.1. The highest BCUT2D eigenvalue weighted by Crippen LogP contribution is 2.23. The van der Waals surface area contributed by atoms with Gasteiger partial charge in [0.1, 0.15) is 12.4 Å². The number of nitrogens with one attached hydrogen (secondary N) is 1. The normalized spacial score (nSPS) is 12.3. The van der Waals surface area contributed by atoms with E-state index in [2.05, 4.69) is 41.2 Å². The fourth-order valence-electron chi connectivity index (χ4n) is 3.56. The van der Waals surface area contributed by atoms with Crippen molar-refractivity contribution < 1.29 is 14.3 Å². The van der Waals surface area contributed by atoms with Crippen LogP contribution in [0.5, 0.6) is 5.75 Å². The Balaban J connectivity index is 2.01. The third-order valence-electron chi connectivity index (χ3n) is 5.66. The zero-order valence-electron chi connectivity index (χ0n) is 21.2. The van der Waals surface area contributed by atoms with Crippen LogP contribution < -0.4 is 20.7 Å². The highest BCUT2D eigenvalue weighted by molar-refractivity contribution is 5.79. The van der Waals surface area contributed by atoms with Crippen molar-refractivity contribution >= 4 is 17.5 Å². The van der Waals surface area contributed by atoms with Crippen molar-refractivity contribution in [2.75, 3.05) is 18.0 Å². The molecule has 1 heterocycles. The second kappa shape index (κ2) is 13.0. The van der Waals surface area contributed by atoms with E-state index >= 15 is 0 Å². The number of hydrogen-bond donors (Lipinski definition) is 2. The van der Waals surface area contributed by atoms with E-state index in [9.17, 15) is 9.59 Å². The average Bonchev–Trinajstić information content (AvgIpc) is 2.79. The smallest absolute Gasteiger partial charge is 0.220 e. The maximum atomic E-state index is 12.5. The summed E-state index contributed by atoms with van der Waals surface area (Å²) in [6, 6.07) is 12.0. The number of hydrogen-bond acceptors (Lipinski definition) is 5. The van der Waals surface area contributed by atoms with Crippen molar-refractivity contribution in [1.29, 1.82) is 0 Å². The van der Waals surface area contributed by atoms with E-state index < -0.39 is 5.54 Å². The van der Waals surface area contributed by atoms with Crippen LogP contribution in [0.1, 0.15) is 59.4 Å². The van der Waals surface area contributed by atoms with Crippen LogP contribution in [0.2, 0.25) is 0 Å². The molecule has 186 valence electrons. The number of carbonyl (C=O) groups excluding carboxylic acids is 2. The monoisotopic (exact) mass is 468 g/mol. The molecule has 2 aromatic rings. The SMILES string of the molecule is CC(C)CCN(CC(C)(C)NC(=O)CCC(C)C(N)=O)c1ccc(OCc2cccnc2)cc1. The fraction of sp³-hybridized carbons (Fsp3) is 0.519. The van der Waals surface area contributed by atoms with Crippen LogP contribution in [0.15, 0.2) is 48.8 Å². The lowest BCUT2D eigenvalue weighted by Gasteiger charge is -2.35. The largest absolute Gasteiger partial charge is 0.489 e. The summed E-state index contributed by atoms with van der Waals surface area (Å²) in [7, 11) is 0. The number of rotatable bonds is 14. The number of benzene rings is 1. The van der Waals surface area contributed by atoms with Gasteiger partial charge < -0.3 is 20.7 Å². The van der Waals surface area contributed by atoms with Gasteiger partial charge in [-0.25, -0.2) is 0 Å². The molecule has 0 fully saturated rings. The molecule has 3 N–H and O–H groups in total. The van der Waals surface area contributed by atoms with E-state index in [0.717, 1.165) is 30.0 Å². The molecule has 0 aliphatic heterocycles. The molecule has 0 aliphatic carbocycles. The summed E-state index contributed by atoms with van der Waals surface area (Å²) in [4.78, 5) is 30.2. The van der Waals surface area contributed by atoms with Crippen molar-refractivity contribution in [3.05, 3.63) is 54.4 Å². The summed E-state index contributed by atoms with van der Waals surface area (Å²) in [6.45, 7) is 12.2. The minimum Gasteiger partial charge on any atom is -0.489 e. The molecule has 0 bridgehead atoms. The van der Waals surface area contributed by atoms with E-state index in [-0.39, 0.29) is 24.2 Å². The molecule has 0 aliphatic rings. The van der Waals surface area contributed by atoms with Crippen LogP contribution >= 0.6 is 0 Å². The van der Waals surface area contributed by atoms with Crippen molar-refractivity contribution in [3.8, 4) is 5.75 Å². The van der Waals surface area contributed by atoms with Crippen molar-refractivity contribution in [1.82, 2.24) is 10.3 Å². The second-order valence-corrected chi connectivity index (χ2v) is 10.0. The van der Waals surface area contributed by atoms with E-state index in [1.165, 1.54) is 0 Å². The number of anilines is 1. The molecule has 1 unspecified atom stereocenters. The van der Waals surface area contributed by atoms with Gasteiger partial charge in [0.15, 0.2) is 0 Å². The molecule has 2 rings (SSSR count). The first-order valence-corrected chi connectivity index (χ1v) is 12.0. The van der Waals surface area contributed by atoms with Gasteiger partial charge in [-0.2, -0.15) is 0 Å². The number of primary amides is 1. The predicted molar refractivity (Wildman–Crippen MR) is 136 cm³/mol. The Labute approximate surface area is 204 Å². The number of ether oxygens (including phenoxy) is 1. The Morgan fingerprint density at radius 2 is 1.82 bits per heavy atom. The topological polar surface area (TPSA) is 97.6 Å². The van der Waals surface area contributed by atoms with Crippen LogP contribution in [-0.2, 0) is 16.2 Å². The Morgan fingerprint density at radius 1 is 1.12 bits per heavy atom. The standard InChI is InChI=1S/C27H40N4O3/c1-20(2)14-16-31(19-27(4,5)30-25(32)13-8-21(3)26(28)33)23-9-11-24(12-10-23)34-18-22-7-6-15-29-17-22/h6-7,9-12,15,17,20-21H,8,13-14,16,18-19H2,1-5H3,(H2,28,33)(H,30,32). The molecule has 0 saturated heterocycles. The predicted octanol–water partition coefficient (Wildman–Crippen LogP) is 4.31.